The first kappa shape index (κ1) is 10.2. The van der Waals surface area contributed by atoms with Crippen molar-refractivity contribution in [3.63, 3.8) is 0 Å². The molecule has 1 nitrogen and oxygen atoms in total. The Morgan fingerprint density at radius 2 is 1.80 bits per heavy atom. The van der Waals surface area contributed by atoms with Gasteiger partial charge in [-0.15, -0.1) is 0 Å². The van der Waals surface area contributed by atoms with Crippen LogP contribution in [0.3, 0.4) is 0 Å². The lowest BCUT2D eigenvalue weighted by atomic mass is 10.3. The largest absolute Gasteiger partial charge is 0.457 e. The zero-order valence-electron chi connectivity index (χ0n) is 7.71. The second-order valence-corrected chi connectivity index (χ2v) is 3.75. The highest BCUT2D eigenvalue weighted by molar-refractivity contribution is 9.10. The first-order chi connectivity index (χ1) is 7.25. The van der Waals surface area contributed by atoms with Gasteiger partial charge in [-0.3, -0.25) is 0 Å². The monoisotopic (exact) mass is 265 g/mol. The van der Waals surface area contributed by atoms with Gasteiger partial charge >= 0.3 is 0 Å². The van der Waals surface area contributed by atoms with Crippen molar-refractivity contribution in [3.05, 3.63) is 58.8 Å². The average Bonchev–Trinajstić information content (AvgIpc) is 2.25. The maximum atomic E-state index is 13.1. The van der Waals surface area contributed by atoms with Crippen LogP contribution in [0.4, 0.5) is 4.39 Å². The van der Waals surface area contributed by atoms with Gasteiger partial charge in [0, 0.05) is 0 Å². The highest BCUT2D eigenvalue weighted by Gasteiger charge is 2.02. The van der Waals surface area contributed by atoms with E-state index in [1.807, 2.05) is 18.2 Å². The molecule has 0 saturated heterocycles. The van der Waals surface area contributed by atoms with E-state index in [1.54, 1.807) is 24.3 Å². The van der Waals surface area contributed by atoms with Crippen LogP contribution in [-0.2, 0) is 0 Å². The Kier molecular flexibility index (Phi) is 3.02. The molecule has 15 heavy (non-hydrogen) atoms. The summed E-state index contributed by atoms with van der Waals surface area (Å²) in [4.78, 5) is 0. The molecule has 0 bridgehead atoms. The third kappa shape index (κ3) is 2.57. The first-order valence-electron chi connectivity index (χ1n) is 4.36. The van der Waals surface area contributed by atoms with Crippen LogP contribution in [0.15, 0.2) is 46.9 Å². The quantitative estimate of drug-likeness (QED) is 0.792. The van der Waals surface area contributed by atoms with Crippen molar-refractivity contribution < 1.29 is 9.13 Å². The van der Waals surface area contributed by atoms with Crippen LogP contribution in [0, 0.1) is 11.9 Å². The molecular weight excluding hydrogens is 259 g/mol. The molecule has 0 atom stereocenters. The molecule has 0 unspecified atom stereocenters. The van der Waals surface area contributed by atoms with E-state index < -0.39 is 5.82 Å². The highest BCUT2D eigenvalue weighted by atomic mass is 79.9. The predicted molar refractivity (Wildman–Crippen MR) is 59.5 cm³/mol. The lowest BCUT2D eigenvalue weighted by Crippen LogP contribution is -1.85. The summed E-state index contributed by atoms with van der Waals surface area (Å²) in [6.45, 7) is 0. The maximum Gasteiger partial charge on any atom is 0.149 e. The Labute approximate surface area is 95.6 Å². The van der Waals surface area contributed by atoms with Crippen LogP contribution in [0.1, 0.15) is 0 Å². The van der Waals surface area contributed by atoms with Crippen molar-refractivity contribution in [1.82, 2.24) is 0 Å². The zero-order chi connectivity index (χ0) is 10.7. The minimum Gasteiger partial charge on any atom is -0.457 e. The van der Waals surface area contributed by atoms with Gasteiger partial charge < -0.3 is 4.74 Å². The van der Waals surface area contributed by atoms with Crippen LogP contribution in [0.5, 0.6) is 11.5 Å². The molecule has 0 aliphatic rings. The number of hydrogen-bond acceptors (Lipinski definition) is 1. The van der Waals surface area contributed by atoms with Gasteiger partial charge in [-0.25, -0.2) is 4.39 Å². The number of para-hydroxylation sites is 1. The molecule has 0 amide bonds. The van der Waals surface area contributed by atoms with Crippen LogP contribution in [-0.4, -0.2) is 0 Å². The molecule has 0 fully saturated rings. The second-order valence-electron chi connectivity index (χ2n) is 2.90. The van der Waals surface area contributed by atoms with Crippen LogP contribution < -0.4 is 4.74 Å². The molecule has 0 heterocycles. The molecule has 0 spiro atoms. The average molecular weight is 266 g/mol. The number of hydrogen-bond donors (Lipinski definition) is 0. The predicted octanol–water partition coefficient (Wildman–Crippen LogP) is 4.18. The molecule has 0 aliphatic carbocycles. The van der Waals surface area contributed by atoms with E-state index in [0.717, 1.165) is 0 Å². The topological polar surface area (TPSA) is 9.23 Å². The summed E-state index contributed by atoms with van der Waals surface area (Å²) < 4.78 is 18.9. The Bertz CT molecular complexity index is 456. The van der Waals surface area contributed by atoms with Gasteiger partial charge in [-0.05, 0) is 40.2 Å². The van der Waals surface area contributed by atoms with Crippen LogP contribution in [0.25, 0.3) is 0 Å². The summed E-state index contributed by atoms with van der Waals surface area (Å²) in [5.74, 6) is 0.570. The Morgan fingerprint density at radius 1 is 1.07 bits per heavy atom. The zero-order valence-corrected chi connectivity index (χ0v) is 9.29. The molecule has 0 aromatic heterocycles. The van der Waals surface area contributed by atoms with Gasteiger partial charge in [-0.2, -0.15) is 0 Å². The standard InChI is InChI=1S/C12H7BrFO/c13-11-7-6-10(8-12(11)14)15-9-4-2-1-3-5-9/h1-7H. The van der Waals surface area contributed by atoms with E-state index in [0.29, 0.717) is 16.0 Å². The van der Waals surface area contributed by atoms with Crippen molar-refractivity contribution in [1.29, 1.82) is 0 Å². The van der Waals surface area contributed by atoms with E-state index in [-0.39, 0.29) is 0 Å². The number of benzene rings is 2. The molecule has 2 aromatic rings. The SMILES string of the molecule is Fc1[c]c(Oc2ccccc2)ccc1Br. The first-order valence-corrected chi connectivity index (χ1v) is 5.15. The summed E-state index contributed by atoms with van der Waals surface area (Å²) in [5, 5.41) is 0. The molecule has 2 rings (SSSR count). The lowest BCUT2D eigenvalue weighted by Gasteiger charge is -2.04. The highest BCUT2D eigenvalue weighted by Crippen LogP contribution is 2.24. The summed E-state index contributed by atoms with van der Waals surface area (Å²) in [6.07, 6.45) is 0. The van der Waals surface area contributed by atoms with Crippen molar-refractivity contribution in [2.45, 2.75) is 0 Å². The molecule has 0 N–H and O–H groups in total. The summed E-state index contributed by atoms with van der Waals surface area (Å²) >= 11 is 3.05. The van der Waals surface area contributed by atoms with Crippen LogP contribution in [0.2, 0.25) is 0 Å². The van der Waals surface area contributed by atoms with E-state index in [2.05, 4.69) is 22.0 Å². The van der Waals surface area contributed by atoms with Crippen molar-refractivity contribution in [2.24, 2.45) is 0 Å². The fraction of sp³-hybridized carbons (Fsp3) is 0. The van der Waals surface area contributed by atoms with Crippen molar-refractivity contribution >= 4 is 15.9 Å². The minimum absolute atomic E-state index is 0.363. The van der Waals surface area contributed by atoms with Gasteiger partial charge in [0.15, 0.2) is 0 Å². The molecule has 2 aromatic carbocycles. The Morgan fingerprint density at radius 3 is 2.47 bits per heavy atom. The molecular formula is C12H7BrFO. The number of halogens is 2. The smallest absolute Gasteiger partial charge is 0.149 e. The fourth-order valence-electron chi connectivity index (χ4n) is 1.11. The third-order valence-corrected chi connectivity index (χ3v) is 2.41. The minimum atomic E-state index is -0.455. The van der Waals surface area contributed by atoms with Crippen molar-refractivity contribution in [2.75, 3.05) is 0 Å². The fourth-order valence-corrected chi connectivity index (χ4v) is 1.34. The van der Waals surface area contributed by atoms with E-state index >= 15 is 0 Å². The third-order valence-electron chi connectivity index (χ3n) is 1.79. The summed E-state index contributed by atoms with van der Waals surface area (Å²) in [5.41, 5.74) is 0. The van der Waals surface area contributed by atoms with Gasteiger partial charge in [0.2, 0.25) is 0 Å². The van der Waals surface area contributed by atoms with E-state index in [1.165, 1.54) is 0 Å². The van der Waals surface area contributed by atoms with Gasteiger partial charge in [0.25, 0.3) is 0 Å². The Balaban J connectivity index is 2.22. The molecule has 75 valence electrons. The Hall–Kier alpha value is -1.35. The maximum absolute atomic E-state index is 13.1. The van der Waals surface area contributed by atoms with E-state index in [4.69, 9.17) is 4.74 Å². The van der Waals surface area contributed by atoms with Gasteiger partial charge in [0.05, 0.1) is 10.5 Å². The summed E-state index contributed by atoms with van der Waals surface area (Å²) in [6, 6.07) is 14.9. The summed E-state index contributed by atoms with van der Waals surface area (Å²) in [7, 11) is 0. The molecule has 0 saturated carbocycles. The number of rotatable bonds is 2. The van der Waals surface area contributed by atoms with Crippen molar-refractivity contribution in [3.8, 4) is 11.5 Å². The lowest BCUT2D eigenvalue weighted by molar-refractivity contribution is 0.474. The molecule has 0 aliphatic heterocycles. The molecule has 1 radical (unpaired) electrons. The van der Waals surface area contributed by atoms with Gasteiger partial charge in [-0.1, -0.05) is 18.2 Å². The number of ether oxygens (including phenoxy) is 1. The second kappa shape index (κ2) is 4.45. The van der Waals surface area contributed by atoms with E-state index in [9.17, 15) is 4.39 Å². The normalized spacial score (nSPS) is 10.0. The van der Waals surface area contributed by atoms with Gasteiger partial charge in [0.1, 0.15) is 17.3 Å². The van der Waals surface area contributed by atoms with Crippen LogP contribution >= 0.6 is 15.9 Å². The molecule has 3 heteroatoms.